The second kappa shape index (κ2) is 12.5. The highest BCUT2D eigenvalue weighted by Gasteiger charge is 2.29. The summed E-state index contributed by atoms with van der Waals surface area (Å²) in [7, 11) is 0. The Balaban J connectivity index is 1.69. The molecule has 2 aliphatic rings. The fourth-order valence-corrected chi connectivity index (χ4v) is 5.61. The number of halogens is 1. The molecular weight excluding hydrogens is 504 g/mol. The van der Waals surface area contributed by atoms with Gasteiger partial charge in [0.2, 0.25) is 0 Å². The number of hydrogen-bond donors (Lipinski definition) is 3. The van der Waals surface area contributed by atoms with Gasteiger partial charge < -0.3 is 25.4 Å². The summed E-state index contributed by atoms with van der Waals surface area (Å²) in [5.74, 6) is -0.230. The number of nitrogens with one attached hydrogen (secondary N) is 2. The number of anilines is 1. The number of rotatable bonds is 7. The molecule has 1 saturated carbocycles. The molecule has 0 radical (unpaired) electrons. The van der Waals surface area contributed by atoms with Gasteiger partial charge in [-0.25, -0.2) is 4.79 Å². The summed E-state index contributed by atoms with van der Waals surface area (Å²) in [6.45, 7) is 14.5. The molecule has 1 aliphatic carbocycles. The first-order valence-electron chi connectivity index (χ1n) is 13.5. The van der Waals surface area contributed by atoms with Crippen molar-refractivity contribution in [2.45, 2.75) is 104 Å². The molecule has 210 valence electrons. The predicted octanol–water partition coefficient (Wildman–Crippen LogP) is 5.54. The summed E-state index contributed by atoms with van der Waals surface area (Å²) in [6, 6.07) is 3.99. The van der Waals surface area contributed by atoms with Crippen molar-refractivity contribution in [2.24, 2.45) is 4.99 Å². The Morgan fingerprint density at radius 3 is 2.39 bits per heavy atom. The number of ether oxygens (including phenoxy) is 1. The number of dihydropyridines is 1. The van der Waals surface area contributed by atoms with Crippen LogP contribution in [0.2, 0.25) is 5.02 Å². The van der Waals surface area contributed by atoms with Crippen molar-refractivity contribution < 1.29 is 19.4 Å². The molecule has 0 bridgehead atoms. The standard InChI is InChI=1S/C29H43ClN4O4/c1-8-34(22-11-9-21(10-12-22)33-28(37)38-29(5,6)7)25-15-20(30)14-23(19(25)4)26(35)31-16-24-17(2)13-18(3)32-27(24)36/h14-15,21-22,27,36H,8-13,16H2,1-7H3,(H,31,35)(H,33,37). The third-order valence-corrected chi connectivity index (χ3v) is 7.48. The van der Waals surface area contributed by atoms with Crippen LogP contribution in [-0.2, 0) is 4.74 Å². The molecule has 1 fully saturated rings. The molecule has 1 aliphatic heterocycles. The van der Waals surface area contributed by atoms with E-state index in [9.17, 15) is 14.7 Å². The van der Waals surface area contributed by atoms with Crippen LogP contribution in [0, 0.1) is 6.92 Å². The number of aliphatic hydroxyl groups excluding tert-OH is 1. The van der Waals surface area contributed by atoms with Crippen LogP contribution in [0.1, 0.15) is 89.6 Å². The summed E-state index contributed by atoms with van der Waals surface area (Å²) >= 11 is 6.52. The monoisotopic (exact) mass is 546 g/mol. The number of nitrogens with zero attached hydrogens (tertiary/aromatic N) is 2. The van der Waals surface area contributed by atoms with Gasteiger partial charge in [-0.2, -0.15) is 0 Å². The van der Waals surface area contributed by atoms with Crippen molar-refractivity contribution >= 4 is 35.0 Å². The first kappa shape index (κ1) is 30.0. The van der Waals surface area contributed by atoms with E-state index >= 15 is 0 Å². The number of amides is 2. The molecule has 1 unspecified atom stereocenters. The Morgan fingerprint density at radius 1 is 1.16 bits per heavy atom. The molecule has 1 atom stereocenters. The van der Waals surface area contributed by atoms with Crippen molar-refractivity contribution in [2.75, 3.05) is 18.0 Å². The van der Waals surface area contributed by atoms with Crippen molar-refractivity contribution in [3.05, 3.63) is 39.4 Å². The third kappa shape index (κ3) is 7.73. The highest BCUT2D eigenvalue weighted by molar-refractivity contribution is 6.31. The van der Waals surface area contributed by atoms with Gasteiger partial charge in [0.15, 0.2) is 6.23 Å². The zero-order valence-corrected chi connectivity index (χ0v) is 24.5. The molecule has 0 spiro atoms. The van der Waals surface area contributed by atoms with Crippen LogP contribution in [0.4, 0.5) is 10.5 Å². The Bertz CT molecular complexity index is 1100. The smallest absolute Gasteiger partial charge is 0.407 e. The average Bonchev–Trinajstić information content (AvgIpc) is 2.80. The Hall–Kier alpha value is -2.58. The average molecular weight is 547 g/mol. The van der Waals surface area contributed by atoms with E-state index in [4.69, 9.17) is 16.3 Å². The zero-order valence-electron chi connectivity index (χ0n) is 23.8. The van der Waals surface area contributed by atoms with Gasteiger partial charge in [-0.15, -0.1) is 0 Å². The lowest BCUT2D eigenvalue weighted by Crippen LogP contribution is -2.45. The van der Waals surface area contributed by atoms with Gasteiger partial charge in [-0.1, -0.05) is 17.2 Å². The summed E-state index contributed by atoms with van der Waals surface area (Å²) in [5.41, 5.74) is 4.46. The Morgan fingerprint density at radius 2 is 1.82 bits per heavy atom. The topological polar surface area (TPSA) is 103 Å². The minimum absolute atomic E-state index is 0.0858. The minimum atomic E-state index is -0.921. The fourth-order valence-electron chi connectivity index (χ4n) is 5.39. The highest BCUT2D eigenvalue weighted by Crippen LogP contribution is 2.33. The number of aliphatic hydroxyl groups is 1. The van der Waals surface area contributed by atoms with Crippen molar-refractivity contribution in [3.8, 4) is 0 Å². The molecule has 3 N–H and O–H groups in total. The van der Waals surface area contributed by atoms with Crippen molar-refractivity contribution in [1.82, 2.24) is 10.6 Å². The molecule has 1 heterocycles. The van der Waals surface area contributed by atoms with E-state index in [0.29, 0.717) is 17.0 Å². The first-order chi connectivity index (χ1) is 17.8. The maximum Gasteiger partial charge on any atom is 0.407 e. The van der Waals surface area contributed by atoms with Gasteiger partial charge in [-0.3, -0.25) is 9.79 Å². The maximum atomic E-state index is 13.2. The van der Waals surface area contributed by atoms with Crippen LogP contribution < -0.4 is 15.5 Å². The van der Waals surface area contributed by atoms with E-state index < -0.39 is 11.8 Å². The van der Waals surface area contributed by atoms with Crippen LogP contribution in [0.25, 0.3) is 0 Å². The van der Waals surface area contributed by atoms with E-state index in [1.165, 1.54) is 0 Å². The second-order valence-electron chi connectivity index (χ2n) is 11.4. The van der Waals surface area contributed by atoms with Gasteiger partial charge in [-0.05, 0) is 97.4 Å². The van der Waals surface area contributed by atoms with E-state index in [-0.39, 0.29) is 30.6 Å². The molecular formula is C29H43ClN4O4. The normalized spacial score (nSPS) is 22.0. The van der Waals surface area contributed by atoms with Crippen LogP contribution in [0.5, 0.6) is 0 Å². The largest absolute Gasteiger partial charge is 0.444 e. The number of alkyl carbamates (subject to hydrolysis) is 1. The van der Waals surface area contributed by atoms with Crippen molar-refractivity contribution in [3.63, 3.8) is 0 Å². The summed E-state index contributed by atoms with van der Waals surface area (Å²) in [5, 5.41) is 16.8. The number of aliphatic imine (C=N–C) groups is 1. The number of allylic oxidation sites excluding steroid dienone is 1. The van der Waals surface area contributed by atoms with E-state index in [0.717, 1.165) is 60.3 Å². The van der Waals surface area contributed by atoms with Gasteiger partial charge in [0.1, 0.15) is 5.60 Å². The molecule has 1 aromatic rings. The number of carbonyl (C=O) groups is 2. The van der Waals surface area contributed by atoms with Crippen LogP contribution >= 0.6 is 11.6 Å². The molecule has 3 rings (SSSR count). The van der Waals surface area contributed by atoms with Gasteiger partial charge in [0.05, 0.1) is 0 Å². The van der Waals surface area contributed by atoms with E-state index in [1.807, 2.05) is 47.6 Å². The lowest BCUT2D eigenvalue weighted by Gasteiger charge is -2.39. The zero-order chi connectivity index (χ0) is 28.2. The quantitative estimate of drug-likeness (QED) is 0.390. The molecule has 2 amide bonds. The van der Waals surface area contributed by atoms with Gasteiger partial charge >= 0.3 is 6.09 Å². The molecule has 8 nitrogen and oxygen atoms in total. The summed E-state index contributed by atoms with van der Waals surface area (Å²) < 4.78 is 5.41. The fraction of sp³-hybridized carbons (Fsp3) is 0.621. The Kier molecular flexibility index (Phi) is 9.87. The molecule has 9 heteroatoms. The first-order valence-corrected chi connectivity index (χ1v) is 13.9. The lowest BCUT2D eigenvalue weighted by atomic mass is 9.89. The Labute approximate surface area is 231 Å². The molecule has 38 heavy (non-hydrogen) atoms. The SMILES string of the molecule is CCN(c1cc(Cl)cc(C(=O)NCC2=C(C)CC(C)=NC2O)c1C)C1CCC(NC(=O)OC(C)(C)C)CC1. The lowest BCUT2D eigenvalue weighted by molar-refractivity contribution is 0.0491. The molecule has 0 saturated heterocycles. The number of hydrogen-bond acceptors (Lipinski definition) is 6. The number of benzene rings is 1. The van der Waals surface area contributed by atoms with Crippen LogP contribution in [-0.4, -0.2) is 59.8 Å². The second-order valence-corrected chi connectivity index (χ2v) is 11.9. The third-order valence-electron chi connectivity index (χ3n) is 7.26. The highest BCUT2D eigenvalue weighted by atomic mass is 35.5. The maximum absolute atomic E-state index is 13.2. The van der Waals surface area contributed by atoms with Gasteiger partial charge in [0.25, 0.3) is 5.91 Å². The number of carbonyl (C=O) groups excluding carboxylic acids is 2. The van der Waals surface area contributed by atoms with Gasteiger partial charge in [0, 0.05) is 53.6 Å². The molecule has 0 aromatic heterocycles. The minimum Gasteiger partial charge on any atom is -0.444 e. The van der Waals surface area contributed by atoms with Crippen molar-refractivity contribution in [1.29, 1.82) is 0 Å². The predicted molar refractivity (Wildman–Crippen MR) is 153 cm³/mol. The molecule has 1 aromatic carbocycles. The summed E-state index contributed by atoms with van der Waals surface area (Å²) in [6.07, 6.45) is 2.93. The summed E-state index contributed by atoms with van der Waals surface area (Å²) in [4.78, 5) is 32.0. The van der Waals surface area contributed by atoms with E-state index in [1.54, 1.807) is 6.07 Å². The van der Waals surface area contributed by atoms with E-state index in [2.05, 4.69) is 27.4 Å². The van der Waals surface area contributed by atoms with Crippen LogP contribution in [0.15, 0.2) is 28.3 Å². The van der Waals surface area contributed by atoms with Crippen LogP contribution in [0.3, 0.4) is 0 Å².